The second-order valence-corrected chi connectivity index (χ2v) is 4.71. The highest BCUT2D eigenvalue weighted by Crippen LogP contribution is 2.40. The quantitative estimate of drug-likeness (QED) is 0.618. The maximum absolute atomic E-state index is 5.75. The minimum atomic E-state index is 0.450. The van der Waals surface area contributed by atoms with Crippen LogP contribution < -0.4 is 5.73 Å². The number of rotatable bonds is 1. The van der Waals surface area contributed by atoms with Crippen LogP contribution in [-0.4, -0.2) is 6.54 Å². The summed E-state index contributed by atoms with van der Waals surface area (Å²) < 4.78 is 0. The van der Waals surface area contributed by atoms with Crippen molar-refractivity contribution in [1.82, 2.24) is 0 Å². The Kier molecular flexibility index (Phi) is 2.58. The molecule has 1 nitrogen and oxygen atoms in total. The lowest BCUT2D eigenvalue weighted by Crippen LogP contribution is -2.35. The average molecular weight is 155 g/mol. The first kappa shape index (κ1) is 9.05. The fraction of sp³-hybridized carbons (Fsp3) is 1.00. The fourth-order valence-corrected chi connectivity index (χ4v) is 2.13. The van der Waals surface area contributed by atoms with Gasteiger partial charge in [-0.2, -0.15) is 0 Å². The van der Waals surface area contributed by atoms with E-state index >= 15 is 0 Å². The molecule has 0 radical (unpaired) electrons. The highest BCUT2D eigenvalue weighted by atomic mass is 14.6. The third-order valence-corrected chi connectivity index (χ3v) is 3.48. The standard InChI is InChI=1S/C10H21N/c1-8-4-5-10(3,7-11)6-9(8)2/h8-9H,4-7,11H2,1-3H3. The molecule has 0 amide bonds. The first-order valence-electron chi connectivity index (χ1n) is 4.77. The predicted molar refractivity (Wildman–Crippen MR) is 49.3 cm³/mol. The van der Waals surface area contributed by atoms with Crippen molar-refractivity contribution in [3.8, 4) is 0 Å². The van der Waals surface area contributed by atoms with E-state index in [-0.39, 0.29) is 0 Å². The molecule has 0 bridgehead atoms. The molecule has 0 heterocycles. The van der Waals surface area contributed by atoms with Crippen molar-refractivity contribution < 1.29 is 0 Å². The molecule has 3 atom stereocenters. The van der Waals surface area contributed by atoms with E-state index in [1.807, 2.05) is 0 Å². The third kappa shape index (κ3) is 1.96. The lowest BCUT2D eigenvalue weighted by molar-refractivity contribution is 0.129. The molecule has 1 aliphatic rings. The van der Waals surface area contributed by atoms with Crippen LogP contribution in [0.15, 0.2) is 0 Å². The van der Waals surface area contributed by atoms with Crippen molar-refractivity contribution in [2.75, 3.05) is 6.54 Å². The van der Waals surface area contributed by atoms with E-state index in [4.69, 9.17) is 5.73 Å². The van der Waals surface area contributed by atoms with Gasteiger partial charge in [-0.3, -0.25) is 0 Å². The minimum Gasteiger partial charge on any atom is -0.330 e. The van der Waals surface area contributed by atoms with E-state index in [1.165, 1.54) is 19.3 Å². The van der Waals surface area contributed by atoms with E-state index < -0.39 is 0 Å². The number of hydrogen-bond donors (Lipinski definition) is 1. The van der Waals surface area contributed by atoms with Gasteiger partial charge in [-0.05, 0) is 43.1 Å². The van der Waals surface area contributed by atoms with Crippen LogP contribution in [0.4, 0.5) is 0 Å². The van der Waals surface area contributed by atoms with Crippen molar-refractivity contribution in [2.24, 2.45) is 23.0 Å². The topological polar surface area (TPSA) is 26.0 Å². The van der Waals surface area contributed by atoms with Crippen molar-refractivity contribution in [3.63, 3.8) is 0 Å². The van der Waals surface area contributed by atoms with Crippen LogP contribution in [0.3, 0.4) is 0 Å². The Hall–Kier alpha value is -0.0400. The van der Waals surface area contributed by atoms with Crippen LogP contribution in [0.5, 0.6) is 0 Å². The number of nitrogens with two attached hydrogens (primary N) is 1. The van der Waals surface area contributed by atoms with Gasteiger partial charge in [-0.25, -0.2) is 0 Å². The Morgan fingerprint density at radius 3 is 2.45 bits per heavy atom. The van der Waals surface area contributed by atoms with Gasteiger partial charge in [0.05, 0.1) is 0 Å². The van der Waals surface area contributed by atoms with Crippen LogP contribution in [0.1, 0.15) is 40.0 Å². The second-order valence-electron chi connectivity index (χ2n) is 4.71. The van der Waals surface area contributed by atoms with Crippen LogP contribution in [0, 0.1) is 17.3 Å². The molecule has 0 aromatic heterocycles. The molecule has 2 N–H and O–H groups in total. The zero-order valence-electron chi connectivity index (χ0n) is 8.06. The molecule has 66 valence electrons. The molecule has 0 saturated heterocycles. The van der Waals surface area contributed by atoms with Gasteiger partial charge >= 0.3 is 0 Å². The van der Waals surface area contributed by atoms with Gasteiger partial charge in [0.15, 0.2) is 0 Å². The van der Waals surface area contributed by atoms with Crippen LogP contribution in [-0.2, 0) is 0 Å². The molecule has 1 saturated carbocycles. The van der Waals surface area contributed by atoms with Crippen LogP contribution >= 0.6 is 0 Å². The van der Waals surface area contributed by atoms with E-state index in [9.17, 15) is 0 Å². The molecular weight excluding hydrogens is 134 g/mol. The van der Waals surface area contributed by atoms with Gasteiger partial charge in [0, 0.05) is 0 Å². The summed E-state index contributed by atoms with van der Waals surface area (Å²) in [5, 5.41) is 0. The lowest BCUT2D eigenvalue weighted by atomic mass is 9.67. The normalized spacial score (nSPS) is 45.8. The third-order valence-electron chi connectivity index (χ3n) is 3.48. The van der Waals surface area contributed by atoms with Crippen molar-refractivity contribution in [1.29, 1.82) is 0 Å². The summed E-state index contributed by atoms with van der Waals surface area (Å²) in [6.45, 7) is 7.91. The van der Waals surface area contributed by atoms with Crippen molar-refractivity contribution >= 4 is 0 Å². The SMILES string of the molecule is CC1CCC(C)(CN)CC1C. The van der Waals surface area contributed by atoms with Crippen molar-refractivity contribution in [2.45, 2.75) is 40.0 Å². The van der Waals surface area contributed by atoms with Crippen LogP contribution in [0.2, 0.25) is 0 Å². The highest BCUT2D eigenvalue weighted by Gasteiger charge is 2.32. The highest BCUT2D eigenvalue weighted by molar-refractivity contribution is 4.84. The minimum absolute atomic E-state index is 0.450. The maximum Gasteiger partial charge on any atom is -0.00231 e. The molecule has 0 aliphatic heterocycles. The molecule has 11 heavy (non-hydrogen) atoms. The van der Waals surface area contributed by atoms with Gasteiger partial charge in [0.2, 0.25) is 0 Å². The molecule has 3 unspecified atom stereocenters. The van der Waals surface area contributed by atoms with Gasteiger partial charge in [0.25, 0.3) is 0 Å². The lowest BCUT2D eigenvalue weighted by Gasteiger charge is -2.39. The smallest absolute Gasteiger partial charge is 0.00231 e. The van der Waals surface area contributed by atoms with E-state index in [0.717, 1.165) is 18.4 Å². The Bertz CT molecular complexity index is 133. The molecule has 0 aromatic rings. The predicted octanol–water partition coefficient (Wildman–Crippen LogP) is 2.41. The van der Waals surface area contributed by atoms with Gasteiger partial charge in [0.1, 0.15) is 0 Å². The van der Waals surface area contributed by atoms with E-state index in [2.05, 4.69) is 20.8 Å². The summed E-state index contributed by atoms with van der Waals surface area (Å²) in [5.41, 5.74) is 6.20. The zero-order valence-corrected chi connectivity index (χ0v) is 8.06. The molecule has 1 fully saturated rings. The Labute approximate surface area is 70.4 Å². The summed E-state index contributed by atoms with van der Waals surface area (Å²) >= 11 is 0. The molecular formula is C10H21N. The Morgan fingerprint density at radius 1 is 1.36 bits per heavy atom. The molecule has 0 spiro atoms. The van der Waals surface area contributed by atoms with Gasteiger partial charge < -0.3 is 5.73 Å². The van der Waals surface area contributed by atoms with E-state index in [0.29, 0.717) is 5.41 Å². The summed E-state index contributed by atoms with van der Waals surface area (Å²) in [4.78, 5) is 0. The summed E-state index contributed by atoms with van der Waals surface area (Å²) in [6.07, 6.45) is 4.02. The first-order valence-corrected chi connectivity index (χ1v) is 4.77. The molecule has 1 aliphatic carbocycles. The van der Waals surface area contributed by atoms with Crippen molar-refractivity contribution in [3.05, 3.63) is 0 Å². The number of hydrogen-bond acceptors (Lipinski definition) is 1. The Morgan fingerprint density at radius 2 is 2.00 bits per heavy atom. The second kappa shape index (κ2) is 3.14. The summed E-state index contributed by atoms with van der Waals surface area (Å²) in [5.74, 6) is 1.78. The molecule has 1 heteroatoms. The maximum atomic E-state index is 5.75. The Balaban J connectivity index is 2.51. The van der Waals surface area contributed by atoms with Crippen LogP contribution in [0.25, 0.3) is 0 Å². The zero-order chi connectivity index (χ0) is 8.48. The summed E-state index contributed by atoms with van der Waals surface area (Å²) in [7, 11) is 0. The van der Waals surface area contributed by atoms with Gasteiger partial charge in [-0.15, -0.1) is 0 Å². The molecule has 0 aromatic carbocycles. The monoisotopic (exact) mass is 155 g/mol. The summed E-state index contributed by atoms with van der Waals surface area (Å²) in [6, 6.07) is 0. The largest absolute Gasteiger partial charge is 0.330 e. The molecule has 1 rings (SSSR count). The fourth-order valence-electron chi connectivity index (χ4n) is 2.13. The average Bonchev–Trinajstić information content (AvgIpc) is 1.98. The first-order chi connectivity index (χ1) is 5.07. The van der Waals surface area contributed by atoms with E-state index in [1.54, 1.807) is 0 Å². The van der Waals surface area contributed by atoms with Gasteiger partial charge in [-0.1, -0.05) is 20.8 Å².